The second kappa shape index (κ2) is 9.23. The quantitative estimate of drug-likeness (QED) is 0.739. The first-order chi connectivity index (χ1) is 10.1. The minimum Gasteiger partial charge on any atom is -0.484 e. The highest BCUT2D eigenvalue weighted by atomic mass is 32.2. The number of rotatable bonds is 8. The van der Waals surface area contributed by atoms with E-state index < -0.39 is 17.9 Å². The zero-order valence-electron chi connectivity index (χ0n) is 11.9. The summed E-state index contributed by atoms with van der Waals surface area (Å²) < 4.78 is 22.6. The molecule has 1 rings (SSSR count). The molecule has 21 heavy (non-hydrogen) atoms. The van der Waals surface area contributed by atoms with Gasteiger partial charge in [-0.25, -0.2) is 9.18 Å². The Bertz CT molecular complexity index is 467. The van der Waals surface area contributed by atoms with E-state index in [0.717, 1.165) is 5.75 Å². The summed E-state index contributed by atoms with van der Waals surface area (Å²) in [5.74, 6) is -0.200. The predicted molar refractivity (Wildman–Crippen MR) is 78.8 cm³/mol. The number of thioether (sulfide) groups is 1. The molecule has 0 spiro atoms. The smallest absolute Gasteiger partial charge is 0.328 e. The Morgan fingerprint density at radius 1 is 1.33 bits per heavy atom. The number of nitrogens with one attached hydrogen (secondary N) is 1. The molecule has 1 amide bonds. The molecule has 7 heteroatoms. The predicted octanol–water partition coefficient (Wildman–Crippen LogP) is 1.62. The zero-order valence-corrected chi connectivity index (χ0v) is 12.7. The van der Waals surface area contributed by atoms with Gasteiger partial charge in [-0.2, -0.15) is 11.8 Å². The van der Waals surface area contributed by atoms with Crippen LogP contribution in [0.15, 0.2) is 24.3 Å². The monoisotopic (exact) mass is 315 g/mol. The normalized spacial score (nSPS) is 11.6. The highest BCUT2D eigenvalue weighted by Crippen LogP contribution is 2.10. The average Bonchev–Trinajstić information content (AvgIpc) is 2.50. The molecule has 0 unspecified atom stereocenters. The Morgan fingerprint density at radius 2 is 2.00 bits per heavy atom. The molecule has 0 radical (unpaired) electrons. The Morgan fingerprint density at radius 3 is 2.57 bits per heavy atom. The number of methoxy groups -OCH3 is 1. The third-order valence-electron chi connectivity index (χ3n) is 2.62. The van der Waals surface area contributed by atoms with Crippen LogP contribution in [0, 0.1) is 5.82 Å². The lowest BCUT2D eigenvalue weighted by Crippen LogP contribution is -2.43. The van der Waals surface area contributed by atoms with E-state index in [9.17, 15) is 14.0 Å². The molecule has 116 valence electrons. The fraction of sp³-hybridized carbons (Fsp3) is 0.429. The Kier molecular flexibility index (Phi) is 7.60. The minimum atomic E-state index is -0.688. The van der Waals surface area contributed by atoms with Gasteiger partial charge in [0.25, 0.3) is 5.91 Å². The van der Waals surface area contributed by atoms with E-state index in [-0.39, 0.29) is 12.4 Å². The summed E-state index contributed by atoms with van der Waals surface area (Å²) in [6.45, 7) is -0.252. The lowest BCUT2D eigenvalue weighted by Gasteiger charge is -2.16. The van der Waals surface area contributed by atoms with E-state index >= 15 is 0 Å². The van der Waals surface area contributed by atoms with Crippen LogP contribution in [0.5, 0.6) is 5.75 Å². The first kappa shape index (κ1) is 17.3. The van der Waals surface area contributed by atoms with Crippen LogP contribution in [-0.4, -0.2) is 43.6 Å². The van der Waals surface area contributed by atoms with Crippen molar-refractivity contribution < 1.29 is 23.5 Å². The lowest BCUT2D eigenvalue weighted by molar-refractivity contribution is -0.145. The summed E-state index contributed by atoms with van der Waals surface area (Å²) in [5, 5.41) is 2.56. The summed E-state index contributed by atoms with van der Waals surface area (Å²) >= 11 is 1.57. The van der Waals surface area contributed by atoms with Crippen molar-refractivity contribution in [2.75, 3.05) is 25.7 Å². The van der Waals surface area contributed by atoms with Crippen LogP contribution < -0.4 is 10.1 Å². The third kappa shape index (κ3) is 6.48. The van der Waals surface area contributed by atoms with Crippen LogP contribution >= 0.6 is 11.8 Å². The Labute approximate surface area is 127 Å². The van der Waals surface area contributed by atoms with E-state index in [0.29, 0.717) is 12.2 Å². The molecule has 5 nitrogen and oxygen atoms in total. The van der Waals surface area contributed by atoms with Gasteiger partial charge in [0.15, 0.2) is 6.61 Å². The molecule has 0 fully saturated rings. The number of amides is 1. The van der Waals surface area contributed by atoms with Crippen molar-refractivity contribution in [1.29, 1.82) is 0 Å². The number of carbonyl (C=O) groups is 2. The summed E-state index contributed by atoms with van der Waals surface area (Å²) in [6, 6.07) is 4.64. The molecule has 0 aliphatic heterocycles. The van der Waals surface area contributed by atoms with Gasteiger partial charge < -0.3 is 14.8 Å². The number of halogens is 1. The molecule has 0 aromatic heterocycles. The fourth-order valence-corrected chi connectivity index (χ4v) is 2.01. The Hall–Kier alpha value is -1.76. The molecular weight excluding hydrogens is 297 g/mol. The van der Waals surface area contributed by atoms with Gasteiger partial charge in [-0.3, -0.25) is 4.79 Å². The largest absolute Gasteiger partial charge is 0.484 e. The SMILES string of the molecule is COC(=O)[C@@H](CCSC)NC(=O)COc1ccc(F)cc1. The van der Waals surface area contributed by atoms with Gasteiger partial charge in [-0.15, -0.1) is 0 Å². The van der Waals surface area contributed by atoms with E-state index in [1.807, 2.05) is 6.26 Å². The molecule has 0 aliphatic rings. The summed E-state index contributed by atoms with van der Waals surface area (Å²) in [5.41, 5.74) is 0. The van der Waals surface area contributed by atoms with Crippen molar-refractivity contribution in [3.05, 3.63) is 30.1 Å². The fourth-order valence-electron chi connectivity index (χ4n) is 1.54. The van der Waals surface area contributed by atoms with Crippen LogP contribution in [0.3, 0.4) is 0 Å². The molecule has 1 aromatic carbocycles. The van der Waals surface area contributed by atoms with Crippen LogP contribution in [0.25, 0.3) is 0 Å². The number of ether oxygens (including phenoxy) is 2. The summed E-state index contributed by atoms with van der Waals surface area (Å²) in [7, 11) is 1.27. The third-order valence-corrected chi connectivity index (χ3v) is 3.26. The molecule has 0 heterocycles. The Balaban J connectivity index is 2.45. The molecule has 0 bridgehead atoms. The second-order valence-corrected chi connectivity index (χ2v) is 5.15. The number of benzene rings is 1. The number of carbonyl (C=O) groups excluding carboxylic acids is 2. The molecule has 0 saturated heterocycles. The van der Waals surface area contributed by atoms with E-state index in [2.05, 4.69) is 10.1 Å². The van der Waals surface area contributed by atoms with Crippen LogP contribution in [0.4, 0.5) is 4.39 Å². The summed E-state index contributed by atoms with van der Waals surface area (Å²) in [4.78, 5) is 23.3. The topological polar surface area (TPSA) is 64.6 Å². The molecule has 1 N–H and O–H groups in total. The van der Waals surface area contributed by atoms with Crippen LogP contribution in [0.1, 0.15) is 6.42 Å². The highest BCUT2D eigenvalue weighted by Gasteiger charge is 2.21. The summed E-state index contributed by atoms with van der Waals surface area (Å²) in [6.07, 6.45) is 2.39. The number of esters is 1. The van der Waals surface area contributed by atoms with Gasteiger partial charge in [-0.05, 0) is 42.7 Å². The zero-order chi connectivity index (χ0) is 15.7. The molecule has 0 aliphatic carbocycles. The van der Waals surface area contributed by atoms with E-state index in [1.165, 1.54) is 31.4 Å². The van der Waals surface area contributed by atoms with Crippen LogP contribution in [-0.2, 0) is 14.3 Å². The first-order valence-corrected chi connectivity index (χ1v) is 7.70. The highest BCUT2D eigenvalue weighted by molar-refractivity contribution is 7.98. The van der Waals surface area contributed by atoms with Crippen molar-refractivity contribution >= 4 is 23.6 Å². The maximum atomic E-state index is 12.7. The molecule has 1 atom stereocenters. The minimum absolute atomic E-state index is 0.252. The van der Waals surface area contributed by atoms with Crippen molar-refractivity contribution in [1.82, 2.24) is 5.32 Å². The first-order valence-electron chi connectivity index (χ1n) is 6.31. The van der Waals surface area contributed by atoms with Crippen molar-refractivity contribution in [2.45, 2.75) is 12.5 Å². The molecule has 1 aromatic rings. The number of hydrogen-bond donors (Lipinski definition) is 1. The van der Waals surface area contributed by atoms with Crippen LogP contribution in [0.2, 0.25) is 0 Å². The van der Waals surface area contributed by atoms with Crippen molar-refractivity contribution in [2.24, 2.45) is 0 Å². The van der Waals surface area contributed by atoms with Crippen molar-refractivity contribution in [3.63, 3.8) is 0 Å². The van der Waals surface area contributed by atoms with Gasteiger partial charge >= 0.3 is 5.97 Å². The lowest BCUT2D eigenvalue weighted by atomic mass is 10.2. The average molecular weight is 315 g/mol. The van der Waals surface area contributed by atoms with Gasteiger partial charge in [-0.1, -0.05) is 0 Å². The number of hydrogen-bond acceptors (Lipinski definition) is 5. The van der Waals surface area contributed by atoms with Gasteiger partial charge in [0.2, 0.25) is 0 Å². The van der Waals surface area contributed by atoms with E-state index in [1.54, 1.807) is 11.8 Å². The standard InChI is InChI=1S/C14H18FNO4S/c1-19-14(18)12(7-8-21-2)16-13(17)9-20-11-5-3-10(15)4-6-11/h3-6,12H,7-9H2,1-2H3,(H,16,17)/t12-/m1/s1. The second-order valence-electron chi connectivity index (χ2n) is 4.17. The maximum Gasteiger partial charge on any atom is 0.328 e. The van der Waals surface area contributed by atoms with Gasteiger partial charge in [0.05, 0.1) is 7.11 Å². The maximum absolute atomic E-state index is 12.7. The van der Waals surface area contributed by atoms with E-state index in [4.69, 9.17) is 4.74 Å². The van der Waals surface area contributed by atoms with Gasteiger partial charge in [0, 0.05) is 0 Å². The molecule has 0 saturated carbocycles. The van der Waals surface area contributed by atoms with Gasteiger partial charge in [0.1, 0.15) is 17.6 Å². The van der Waals surface area contributed by atoms with Crippen molar-refractivity contribution in [3.8, 4) is 5.75 Å². The molecular formula is C14H18FNO4S.